The Morgan fingerprint density at radius 3 is 2.33 bits per heavy atom. The van der Waals surface area contributed by atoms with Crippen LogP contribution in [0.3, 0.4) is 0 Å². The fraction of sp³-hybridized carbons (Fsp3) is 0.455. The van der Waals surface area contributed by atoms with E-state index in [1.54, 1.807) is 18.4 Å². The van der Waals surface area contributed by atoms with E-state index in [1.165, 1.54) is 24.2 Å². The first-order chi connectivity index (χ1) is 14.8. The fourth-order valence-electron chi connectivity index (χ4n) is 4.26. The van der Waals surface area contributed by atoms with Crippen LogP contribution in [0.25, 0.3) is 5.13 Å². The molecule has 0 unspecified atom stereocenters. The summed E-state index contributed by atoms with van der Waals surface area (Å²) in [5.74, 6) is 0.905. The quantitative estimate of drug-likeness (QED) is 0.605. The Morgan fingerprint density at radius 1 is 0.867 bits per heavy atom. The lowest BCUT2D eigenvalue weighted by Crippen LogP contribution is -2.46. The normalized spacial score (nSPS) is 17.6. The highest BCUT2D eigenvalue weighted by Gasteiger charge is 2.21. The van der Waals surface area contributed by atoms with Crippen LogP contribution in [0.2, 0.25) is 0 Å². The van der Waals surface area contributed by atoms with E-state index in [2.05, 4.69) is 59.9 Å². The molecular weight excluding hydrogens is 396 g/mol. The maximum absolute atomic E-state index is 5.27. The molecule has 158 valence electrons. The van der Waals surface area contributed by atoms with Crippen molar-refractivity contribution >= 4 is 22.2 Å². The minimum atomic E-state index is 0.905. The Bertz CT molecular complexity index is 954. The van der Waals surface area contributed by atoms with Crippen molar-refractivity contribution in [2.75, 3.05) is 56.2 Å². The zero-order valence-electron chi connectivity index (χ0n) is 17.4. The number of nitrogens with zero attached hydrogens (tertiary/aromatic N) is 6. The lowest BCUT2D eigenvalue weighted by molar-refractivity contribution is 0.246. The minimum absolute atomic E-state index is 0.905. The van der Waals surface area contributed by atoms with Crippen LogP contribution in [0.4, 0.5) is 10.8 Å². The molecule has 0 saturated carbocycles. The predicted octanol–water partition coefficient (Wildman–Crippen LogP) is 3.26. The summed E-state index contributed by atoms with van der Waals surface area (Å²) in [6.45, 7) is 7.30. The SMILES string of the molecule is COc1ccc(N2CCN(Cc3cccn3-c3nnc(N4CCCC4)s3)CC2)cc1. The Kier molecular flexibility index (Phi) is 5.59. The van der Waals surface area contributed by atoms with Crippen molar-refractivity contribution in [3.05, 3.63) is 48.3 Å². The summed E-state index contributed by atoms with van der Waals surface area (Å²) in [7, 11) is 1.71. The molecule has 4 heterocycles. The summed E-state index contributed by atoms with van der Waals surface area (Å²) in [4.78, 5) is 7.32. The molecule has 0 spiro atoms. The van der Waals surface area contributed by atoms with E-state index in [0.29, 0.717) is 0 Å². The van der Waals surface area contributed by atoms with Gasteiger partial charge in [-0.15, -0.1) is 10.2 Å². The summed E-state index contributed by atoms with van der Waals surface area (Å²) in [6, 6.07) is 12.7. The first kappa shape index (κ1) is 19.4. The van der Waals surface area contributed by atoms with Gasteiger partial charge in [-0.25, -0.2) is 0 Å². The molecule has 2 fully saturated rings. The number of hydrogen-bond donors (Lipinski definition) is 0. The van der Waals surface area contributed by atoms with Gasteiger partial charge in [-0.05, 0) is 49.2 Å². The zero-order chi connectivity index (χ0) is 20.3. The zero-order valence-corrected chi connectivity index (χ0v) is 18.2. The van der Waals surface area contributed by atoms with E-state index in [4.69, 9.17) is 4.74 Å². The summed E-state index contributed by atoms with van der Waals surface area (Å²) >= 11 is 1.69. The molecule has 2 aliphatic rings. The highest BCUT2D eigenvalue weighted by Crippen LogP contribution is 2.28. The van der Waals surface area contributed by atoms with Crippen LogP contribution in [0, 0.1) is 0 Å². The molecule has 2 aromatic heterocycles. The van der Waals surface area contributed by atoms with E-state index in [9.17, 15) is 0 Å². The first-order valence-electron chi connectivity index (χ1n) is 10.7. The smallest absolute Gasteiger partial charge is 0.218 e. The maximum Gasteiger partial charge on any atom is 0.218 e. The van der Waals surface area contributed by atoms with Crippen molar-refractivity contribution in [2.24, 2.45) is 0 Å². The Balaban J connectivity index is 1.21. The van der Waals surface area contributed by atoms with Crippen LogP contribution in [-0.4, -0.2) is 66.0 Å². The van der Waals surface area contributed by atoms with Gasteiger partial charge in [-0.3, -0.25) is 9.47 Å². The Labute approximate surface area is 181 Å². The molecule has 0 bridgehead atoms. The molecule has 0 radical (unpaired) electrons. The van der Waals surface area contributed by atoms with Crippen LogP contribution >= 0.6 is 11.3 Å². The van der Waals surface area contributed by atoms with E-state index >= 15 is 0 Å². The standard InChI is InChI=1S/C22H28N6OS/c1-29-20-8-6-18(7-9-20)26-15-13-25(14-16-26)17-19-5-4-12-28(19)22-24-23-21(30-22)27-10-2-3-11-27/h4-9,12H,2-3,10-11,13-17H2,1H3. The predicted molar refractivity (Wildman–Crippen MR) is 121 cm³/mol. The molecule has 1 aromatic carbocycles. The van der Waals surface area contributed by atoms with Gasteiger partial charge < -0.3 is 14.5 Å². The fourth-order valence-corrected chi connectivity index (χ4v) is 5.17. The number of piperazine rings is 1. The van der Waals surface area contributed by atoms with Gasteiger partial charge in [0.15, 0.2) is 0 Å². The summed E-state index contributed by atoms with van der Waals surface area (Å²) in [6.07, 6.45) is 4.62. The first-order valence-corrected chi connectivity index (χ1v) is 11.5. The molecule has 8 heteroatoms. The Morgan fingerprint density at radius 2 is 1.60 bits per heavy atom. The van der Waals surface area contributed by atoms with Crippen molar-refractivity contribution in [1.82, 2.24) is 19.7 Å². The van der Waals surface area contributed by atoms with Crippen molar-refractivity contribution in [2.45, 2.75) is 19.4 Å². The third-order valence-electron chi connectivity index (χ3n) is 6.01. The number of ether oxygens (including phenoxy) is 1. The van der Waals surface area contributed by atoms with Gasteiger partial charge in [0, 0.05) is 63.4 Å². The average molecular weight is 425 g/mol. The maximum atomic E-state index is 5.27. The van der Waals surface area contributed by atoms with Gasteiger partial charge in [-0.2, -0.15) is 0 Å². The lowest BCUT2D eigenvalue weighted by atomic mass is 10.2. The number of rotatable bonds is 6. The van der Waals surface area contributed by atoms with Gasteiger partial charge in [0.25, 0.3) is 0 Å². The molecule has 2 saturated heterocycles. The van der Waals surface area contributed by atoms with Gasteiger partial charge in [0.2, 0.25) is 10.3 Å². The van der Waals surface area contributed by atoms with Gasteiger partial charge in [0.05, 0.1) is 7.11 Å². The number of benzene rings is 1. The van der Waals surface area contributed by atoms with Crippen LogP contribution < -0.4 is 14.5 Å². The number of aromatic nitrogens is 3. The van der Waals surface area contributed by atoms with E-state index in [1.807, 2.05) is 12.1 Å². The number of methoxy groups -OCH3 is 1. The average Bonchev–Trinajstić information content (AvgIpc) is 3.55. The van der Waals surface area contributed by atoms with Crippen molar-refractivity contribution < 1.29 is 4.74 Å². The van der Waals surface area contributed by atoms with E-state index in [0.717, 1.165) is 61.8 Å². The highest BCUT2D eigenvalue weighted by atomic mass is 32.1. The molecule has 0 amide bonds. The van der Waals surface area contributed by atoms with E-state index in [-0.39, 0.29) is 0 Å². The van der Waals surface area contributed by atoms with Crippen LogP contribution in [0.5, 0.6) is 5.75 Å². The molecule has 0 atom stereocenters. The second-order valence-electron chi connectivity index (χ2n) is 7.89. The van der Waals surface area contributed by atoms with Crippen molar-refractivity contribution in [3.8, 4) is 10.9 Å². The van der Waals surface area contributed by atoms with Crippen molar-refractivity contribution in [3.63, 3.8) is 0 Å². The summed E-state index contributed by atoms with van der Waals surface area (Å²) in [5.41, 5.74) is 2.54. The molecule has 0 N–H and O–H groups in total. The van der Waals surface area contributed by atoms with Crippen molar-refractivity contribution in [1.29, 1.82) is 0 Å². The Hall–Kier alpha value is -2.58. The van der Waals surface area contributed by atoms with Gasteiger partial charge in [-0.1, -0.05) is 11.3 Å². The second-order valence-corrected chi connectivity index (χ2v) is 8.83. The largest absolute Gasteiger partial charge is 0.497 e. The molecule has 5 rings (SSSR count). The molecule has 30 heavy (non-hydrogen) atoms. The van der Waals surface area contributed by atoms with E-state index < -0.39 is 0 Å². The molecule has 0 aliphatic carbocycles. The van der Waals surface area contributed by atoms with Gasteiger partial charge >= 0.3 is 0 Å². The third-order valence-corrected chi connectivity index (χ3v) is 7.00. The monoisotopic (exact) mass is 424 g/mol. The van der Waals surface area contributed by atoms with Crippen LogP contribution in [0.15, 0.2) is 42.6 Å². The second kappa shape index (κ2) is 8.65. The third kappa shape index (κ3) is 4.02. The highest BCUT2D eigenvalue weighted by molar-refractivity contribution is 7.17. The lowest BCUT2D eigenvalue weighted by Gasteiger charge is -2.36. The number of hydrogen-bond acceptors (Lipinski definition) is 7. The molecular formula is C22H28N6OS. The summed E-state index contributed by atoms with van der Waals surface area (Å²) < 4.78 is 7.47. The minimum Gasteiger partial charge on any atom is -0.497 e. The summed E-state index contributed by atoms with van der Waals surface area (Å²) in [5, 5.41) is 10.9. The molecule has 7 nitrogen and oxygen atoms in total. The number of anilines is 2. The van der Waals surface area contributed by atoms with Crippen LogP contribution in [-0.2, 0) is 6.54 Å². The molecule has 3 aromatic rings. The molecule has 2 aliphatic heterocycles. The van der Waals surface area contributed by atoms with Crippen LogP contribution in [0.1, 0.15) is 18.5 Å². The topological polar surface area (TPSA) is 49.7 Å². The van der Waals surface area contributed by atoms with Gasteiger partial charge in [0.1, 0.15) is 5.75 Å².